The largest absolute Gasteiger partial charge is 0.491 e. The van der Waals surface area contributed by atoms with Crippen molar-refractivity contribution >= 4 is 11.9 Å². The number of amides is 1. The molecule has 2 aromatic carbocycles. The number of alkyl halides is 4. The molecule has 5 nitrogen and oxygen atoms in total. The van der Waals surface area contributed by atoms with Gasteiger partial charge in [0.25, 0.3) is 0 Å². The number of nitrogens with zero attached hydrogens (tertiary/aromatic N) is 1. The van der Waals surface area contributed by atoms with Gasteiger partial charge >= 0.3 is 12.1 Å². The number of halogens is 4. The van der Waals surface area contributed by atoms with E-state index in [-0.39, 0.29) is 30.2 Å². The van der Waals surface area contributed by atoms with Crippen molar-refractivity contribution < 1.29 is 37.0 Å². The minimum Gasteiger partial charge on any atom is -0.491 e. The number of hydrogen-bond donors (Lipinski definition) is 1. The van der Waals surface area contributed by atoms with Gasteiger partial charge < -0.3 is 14.7 Å². The number of aliphatic carboxylic acids is 1. The third-order valence-electron chi connectivity index (χ3n) is 8.87. The first-order chi connectivity index (χ1) is 17.9. The molecule has 9 heteroatoms. The number of carboxylic acid groups (broad SMARTS) is 1. The number of ether oxygens (including phenoxy) is 1. The molecule has 2 heterocycles. The van der Waals surface area contributed by atoms with Gasteiger partial charge in [0, 0.05) is 29.0 Å². The molecule has 0 aromatic heterocycles. The van der Waals surface area contributed by atoms with E-state index in [1.165, 1.54) is 12.1 Å². The molecule has 2 fully saturated rings. The van der Waals surface area contributed by atoms with Crippen molar-refractivity contribution in [1.82, 2.24) is 4.90 Å². The Balaban J connectivity index is 1.49. The lowest BCUT2D eigenvalue weighted by Crippen LogP contribution is -2.53. The van der Waals surface area contributed by atoms with Crippen molar-refractivity contribution in [2.24, 2.45) is 11.8 Å². The molecular weight excluding hydrogens is 502 g/mol. The van der Waals surface area contributed by atoms with Crippen LogP contribution in [0.2, 0.25) is 0 Å². The zero-order valence-corrected chi connectivity index (χ0v) is 21.1. The van der Waals surface area contributed by atoms with E-state index in [2.05, 4.69) is 0 Å². The Hall–Kier alpha value is -3.10. The molecule has 1 amide bonds. The maximum atomic E-state index is 14.8. The number of likely N-dealkylation sites (tertiary alicyclic amines) is 1. The highest BCUT2D eigenvalue weighted by molar-refractivity contribution is 5.81. The third kappa shape index (κ3) is 4.43. The van der Waals surface area contributed by atoms with Gasteiger partial charge in [0.2, 0.25) is 11.6 Å². The molecule has 5 rings (SSSR count). The normalized spacial score (nSPS) is 28.6. The predicted octanol–water partition coefficient (Wildman–Crippen LogP) is 5.80. The van der Waals surface area contributed by atoms with Crippen molar-refractivity contribution in [3.8, 4) is 5.75 Å². The highest BCUT2D eigenvalue weighted by Crippen LogP contribution is 2.52. The van der Waals surface area contributed by atoms with E-state index in [9.17, 15) is 32.3 Å². The molecule has 2 aliphatic heterocycles. The standard InChI is InChI=1S/C29H31F4NO4/c1-27(30,29(31,32)33)21-11-12-22-23(15-21)38-17-24-28(22,16-18-5-3-2-4-6-18)13-14-34(24)25(35)19-7-9-20(10-8-19)26(36)37/h2-6,11-12,15,19-20,24H,7-10,13-14,16-17H2,1H3,(H,36,37). The van der Waals surface area contributed by atoms with Crippen LogP contribution in [0, 0.1) is 11.8 Å². The molecule has 1 saturated heterocycles. The summed E-state index contributed by atoms with van der Waals surface area (Å²) >= 11 is 0. The van der Waals surface area contributed by atoms with Crippen LogP contribution in [0.1, 0.15) is 55.7 Å². The number of benzene rings is 2. The first-order valence-electron chi connectivity index (χ1n) is 13.0. The van der Waals surface area contributed by atoms with E-state index < -0.39 is 34.7 Å². The van der Waals surface area contributed by atoms with Gasteiger partial charge in [0.1, 0.15) is 12.4 Å². The van der Waals surface area contributed by atoms with Crippen LogP contribution in [0.4, 0.5) is 17.6 Å². The van der Waals surface area contributed by atoms with Crippen LogP contribution in [0.3, 0.4) is 0 Å². The van der Waals surface area contributed by atoms with Crippen LogP contribution in [0.5, 0.6) is 5.75 Å². The van der Waals surface area contributed by atoms with Crippen LogP contribution in [0.15, 0.2) is 48.5 Å². The average Bonchev–Trinajstić information content (AvgIpc) is 3.27. The molecule has 3 aliphatic rings. The lowest BCUT2D eigenvalue weighted by atomic mass is 9.68. The fraction of sp³-hybridized carbons (Fsp3) is 0.517. The van der Waals surface area contributed by atoms with Gasteiger partial charge in [-0.3, -0.25) is 9.59 Å². The van der Waals surface area contributed by atoms with Gasteiger partial charge in [-0.1, -0.05) is 42.5 Å². The lowest BCUT2D eigenvalue weighted by Gasteiger charge is -2.44. The number of hydrogen-bond acceptors (Lipinski definition) is 3. The Labute approximate surface area is 218 Å². The smallest absolute Gasteiger partial charge is 0.426 e. The maximum absolute atomic E-state index is 14.8. The molecule has 0 spiro atoms. The zero-order valence-electron chi connectivity index (χ0n) is 21.1. The van der Waals surface area contributed by atoms with Crippen LogP contribution < -0.4 is 4.74 Å². The second-order valence-corrected chi connectivity index (χ2v) is 11.0. The highest BCUT2D eigenvalue weighted by atomic mass is 19.4. The summed E-state index contributed by atoms with van der Waals surface area (Å²) in [6.45, 7) is 1.06. The van der Waals surface area contributed by atoms with Crippen LogP contribution in [0.25, 0.3) is 0 Å². The molecular formula is C29H31F4NO4. The second-order valence-electron chi connectivity index (χ2n) is 11.0. The van der Waals surface area contributed by atoms with E-state index in [0.717, 1.165) is 11.6 Å². The Bertz CT molecular complexity index is 1210. The molecule has 204 valence electrons. The van der Waals surface area contributed by atoms with E-state index in [1.807, 2.05) is 35.2 Å². The minimum atomic E-state index is -5.07. The van der Waals surface area contributed by atoms with Crippen molar-refractivity contribution in [1.29, 1.82) is 0 Å². The SMILES string of the molecule is CC(F)(c1ccc2c(c1)OCC1N(C(=O)C3CCC(C(=O)O)CC3)CCC21Cc1ccccc1)C(F)(F)F. The monoisotopic (exact) mass is 533 g/mol. The van der Waals surface area contributed by atoms with Crippen LogP contribution >= 0.6 is 0 Å². The third-order valence-corrected chi connectivity index (χ3v) is 8.87. The average molecular weight is 534 g/mol. The maximum Gasteiger partial charge on any atom is 0.426 e. The van der Waals surface area contributed by atoms with Crippen molar-refractivity contribution in [3.63, 3.8) is 0 Å². The van der Waals surface area contributed by atoms with Gasteiger partial charge in [-0.05, 0) is 57.1 Å². The fourth-order valence-corrected chi connectivity index (χ4v) is 6.53. The number of rotatable bonds is 5. The molecule has 38 heavy (non-hydrogen) atoms. The van der Waals surface area contributed by atoms with Crippen molar-refractivity contribution in [2.75, 3.05) is 13.2 Å². The van der Waals surface area contributed by atoms with Gasteiger partial charge in [-0.15, -0.1) is 0 Å². The first-order valence-corrected chi connectivity index (χ1v) is 13.0. The Morgan fingerprint density at radius 2 is 1.68 bits per heavy atom. The molecule has 1 aliphatic carbocycles. The van der Waals surface area contributed by atoms with Crippen molar-refractivity contribution in [2.45, 2.75) is 68.8 Å². The molecule has 1 N–H and O–H groups in total. The molecule has 0 radical (unpaired) electrons. The molecule has 3 atom stereocenters. The summed E-state index contributed by atoms with van der Waals surface area (Å²) in [5.41, 5.74) is -2.94. The van der Waals surface area contributed by atoms with E-state index in [0.29, 0.717) is 57.6 Å². The highest BCUT2D eigenvalue weighted by Gasteiger charge is 2.57. The van der Waals surface area contributed by atoms with Crippen molar-refractivity contribution in [3.05, 3.63) is 65.2 Å². The van der Waals surface area contributed by atoms with Crippen LogP contribution in [-0.2, 0) is 27.1 Å². The Morgan fingerprint density at radius 1 is 1.03 bits per heavy atom. The summed E-state index contributed by atoms with van der Waals surface area (Å²) < 4.78 is 61.0. The quantitative estimate of drug-likeness (QED) is 0.494. The zero-order chi connectivity index (χ0) is 27.3. The lowest BCUT2D eigenvalue weighted by molar-refractivity contribution is -0.228. The molecule has 1 saturated carbocycles. The number of carboxylic acids is 1. The molecule has 3 unspecified atom stereocenters. The van der Waals surface area contributed by atoms with Gasteiger partial charge in [0.05, 0.1) is 12.0 Å². The van der Waals surface area contributed by atoms with Gasteiger partial charge in [0.15, 0.2) is 0 Å². The Morgan fingerprint density at radius 3 is 2.32 bits per heavy atom. The van der Waals surface area contributed by atoms with E-state index in [1.54, 1.807) is 0 Å². The van der Waals surface area contributed by atoms with Gasteiger partial charge in [-0.25, -0.2) is 4.39 Å². The molecule has 0 bridgehead atoms. The first kappa shape index (κ1) is 26.5. The van der Waals surface area contributed by atoms with Crippen LogP contribution in [-0.4, -0.2) is 47.3 Å². The summed E-state index contributed by atoms with van der Waals surface area (Å²) in [5, 5.41) is 9.31. The summed E-state index contributed by atoms with van der Waals surface area (Å²) in [4.78, 5) is 26.9. The summed E-state index contributed by atoms with van der Waals surface area (Å²) in [6.07, 6.45) is -1.99. The number of fused-ring (bicyclic) bond motifs is 3. The topological polar surface area (TPSA) is 66.8 Å². The summed E-state index contributed by atoms with van der Waals surface area (Å²) in [7, 11) is 0. The summed E-state index contributed by atoms with van der Waals surface area (Å²) in [5.74, 6) is -1.32. The van der Waals surface area contributed by atoms with E-state index >= 15 is 0 Å². The predicted molar refractivity (Wildman–Crippen MR) is 131 cm³/mol. The number of carbonyl (C=O) groups excluding carboxylic acids is 1. The minimum absolute atomic E-state index is 0.0224. The second kappa shape index (κ2) is 9.58. The summed E-state index contributed by atoms with van der Waals surface area (Å²) in [6, 6.07) is 13.2. The molecule has 2 aromatic rings. The number of carbonyl (C=O) groups is 2. The Kier molecular flexibility index (Phi) is 6.68. The fourth-order valence-electron chi connectivity index (χ4n) is 6.53. The van der Waals surface area contributed by atoms with E-state index in [4.69, 9.17) is 4.74 Å². The van der Waals surface area contributed by atoms with Gasteiger partial charge in [-0.2, -0.15) is 13.2 Å².